The summed E-state index contributed by atoms with van der Waals surface area (Å²) in [7, 11) is 1.45. The Kier molecular flexibility index (Phi) is 4.76. The van der Waals surface area contributed by atoms with E-state index in [1.165, 1.54) is 20.2 Å². The molecule has 1 N–H and O–H groups in total. The van der Waals surface area contributed by atoms with Crippen LogP contribution in [0.5, 0.6) is 0 Å². The lowest BCUT2D eigenvalue weighted by molar-refractivity contribution is -0.140. The highest BCUT2D eigenvalue weighted by Gasteiger charge is 2.27. The first-order valence-electron chi connectivity index (χ1n) is 6.53. The fourth-order valence-corrected chi connectivity index (χ4v) is 2.43. The standard InChI is InChI=1S/C12H23N3O2/c1-17-12(16)3-2-4-14-5-7-15(8-6-14)11-9-13-10-11/h11,13H,2-10H2,1H3. The van der Waals surface area contributed by atoms with Crippen LogP contribution in [0.3, 0.4) is 0 Å². The summed E-state index contributed by atoms with van der Waals surface area (Å²) in [5.74, 6) is -0.0934. The number of carbonyl (C=O) groups is 1. The van der Waals surface area contributed by atoms with Gasteiger partial charge in [-0.3, -0.25) is 9.69 Å². The summed E-state index contributed by atoms with van der Waals surface area (Å²) < 4.78 is 4.64. The van der Waals surface area contributed by atoms with Crippen molar-refractivity contribution in [1.82, 2.24) is 15.1 Å². The second-order valence-corrected chi connectivity index (χ2v) is 4.87. The second kappa shape index (κ2) is 6.33. The molecule has 0 bridgehead atoms. The van der Waals surface area contributed by atoms with Crippen LogP contribution in [0.15, 0.2) is 0 Å². The zero-order chi connectivity index (χ0) is 12.1. The highest BCUT2D eigenvalue weighted by molar-refractivity contribution is 5.69. The zero-order valence-electron chi connectivity index (χ0n) is 10.7. The third kappa shape index (κ3) is 3.66. The Morgan fingerprint density at radius 2 is 2.00 bits per heavy atom. The molecule has 0 amide bonds. The highest BCUT2D eigenvalue weighted by atomic mass is 16.5. The molecule has 17 heavy (non-hydrogen) atoms. The van der Waals surface area contributed by atoms with E-state index in [0.29, 0.717) is 6.42 Å². The predicted octanol–water partition coefficient (Wildman–Crippen LogP) is -0.471. The van der Waals surface area contributed by atoms with Gasteiger partial charge in [-0.2, -0.15) is 0 Å². The van der Waals surface area contributed by atoms with Crippen LogP contribution in [0.2, 0.25) is 0 Å². The summed E-state index contributed by atoms with van der Waals surface area (Å²) in [6, 6.07) is 0.771. The van der Waals surface area contributed by atoms with Crippen LogP contribution in [-0.2, 0) is 9.53 Å². The first kappa shape index (κ1) is 12.8. The molecule has 5 nitrogen and oxygen atoms in total. The minimum atomic E-state index is -0.0934. The van der Waals surface area contributed by atoms with Crippen molar-refractivity contribution in [2.45, 2.75) is 18.9 Å². The molecule has 2 heterocycles. The number of hydrogen-bond donors (Lipinski definition) is 1. The molecule has 0 aliphatic carbocycles. The minimum absolute atomic E-state index is 0.0934. The van der Waals surface area contributed by atoms with Gasteiger partial charge >= 0.3 is 5.97 Å². The van der Waals surface area contributed by atoms with Crippen molar-refractivity contribution >= 4 is 5.97 Å². The third-order valence-electron chi connectivity index (χ3n) is 3.77. The Morgan fingerprint density at radius 1 is 1.29 bits per heavy atom. The Morgan fingerprint density at radius 3 is 2.53 bits per heavy atom. The SMILES string of the molecule is COC(=O)CCCN1CCN(C2CNC2)CC1. The van der Waals surface area contributed by atoms with Crippen molar-refractivity contribution in [2.24, 2.45) is 0 Å². The van der Waals surface area contributed by atoms with Crippen molar-refractivity contribution in [2.75, 3.05) is 52.9 Å². The zero-order valence-corrected chi connectivity index (χ0v) is 10.7. The van der Waals surface area contributed by atoms with Crippen molar-refractivity contribution < 1.29 is 9.53 Å². The van der Waals surface area contributed by atoms with Gasteiger partial charge < -0.3 is 15.0 Å². The Hall–Kier alpha value is -0.650. The largest absolute Gasteiger partial charge is 0.469 e. The van der Waals surface area contributed by atoms with E-state index in [0.717, 1.165) is 45.2 Å². The molecule has 0 spiro atoms. The number of nitrogens with one attached hydrogen (secondary N) is 1. The lowest BCUT2D eigenvalue weighted by Gasteiger charge is -2.43. The molecule has 0 aromatic carbocycles. The molecule has 0 radical (unpaired) electrons. The average Bonchev–Trinajstić information content (AvgIpc) is 2.29. The van der Waals surface area contributed by atoms with Gasteiger partial charge in [-0.25, -0.2) is 0 Å². The summed E-state index contributed by atoms with van der Waals surface area (Å²) in [6.45, 7) is 7.95. The maximum atomic E-state index is 11.0. The van der Waals surface area contributed by atoms with Crippen molar-refractivity contribution in [3.05, 3.63) is 0 Å². The fourth-order valence-electron chi connectivity index (χ4n) is 2.43. The molecule has 0 aromatic heterocycles. The number of ether oxygens (including phenoxy) is 1. The summed E-state index contributed by atoms with van der Waals surface area (Å²) in [5, 5.41) is 3.32. The van der Waals surface area contributed by atoms with E-state index in [2.05, 4.69) is 19.9 Å². The molecule has 2 fully saturated rings. The number of hydrogen-bond acceptors (Lipinski definition) is 5. The van der Waals surface area contributed by atoms with E-state index in [4.69, 9.17) is 0 Å². The smallest absolute Gasteiger partial charge is 0.305 e. The van der Waals surface area contributed by atoms with Crippen LogP contribution in [0.4, 0.5) is 0 Å². The number of esters is 1. The Bertz CT molecular complexity index is 248. The molecule has 2 aliphatic rings. The average molecular weight is 241 g/mol. The van der Waals surface area contributed by atoms with Gasteiger partial charge in [0.05, 0.1) is 7.11 Å². The molecule has 0 saturated carbocycles. The Balaban J connectivity index is 1.57. The van der Waals surface area contributed by atoms with E-state index >= 15 is 0 Å². The van der Waals surface area contributed by atoms with Gasteiger partial charge in [0.25, 0.3) is 0 Å². The van der Waals surface area contributed by atoms with Gasteiger partial charge in [-0.05, 0) is 13.0 Å². The molecule has 2 saturated heterocycles. The van der Waals surface area contributed by atoms with Gasteiger partial charge in [0.1, 0.15) is 0 Å². The van der Waals surface area contributed by atoms with Crippen LogP contribution >= 0.6 is 0 Å². The normalized spacial score (nSPS) is 23.4. The van der Waals surface area contributed by atoms with E-state index in [9.17, 15) is 4.79 Å². The molecule has 2 rings (SSSR count). The first-order chi connectivity index (χ1) is 8.29. The number of carbonyl (C=O) groups excluding carboxylic acids is 1. The molecular weight excluding hydrogens is 218 g/mol. The predicted molar refractivity (Wildman–Crippen MR) is 65.9 cm³/mol. The number of nitrogens with zero attached hydrogens (tertiary/aromatic N) is 2. The maximum Gasteiger partial charge on any atom is 0.305 e. The van der Waals surface area contributed by atoms with E-state index in [-0.39, 0.29) is 5.97 Å². The van der Waals surface area contributed by atoms with Gasteiger partial charge in [0.2, 0.25) is 0 Å². The highest BCUT2D eigenvalue weighted by Crippen LogP contribution is 2.10. The topological polar surface area (TPSA) is 44.8 Å². The van der Waals surface area contributed by atoms with E-state index in [1.54, 1.807) is 0 Å². The molecule has 98 valence electrons. The van der Waals surface area contributed by atoms with E-state index in [1.807, 2.05) is 0 Å². The van der Waals surface area contributed by atoms with Gasteiger partial charge in [-0.15, -0.1) is 0 Å². The third-order valence-corrected chi connectivity index (χ3v) is 3.77. The van der Waals surface area contributed by atoms with Gasteiger partial charge in [-0.1, -0.05) is 0 Å². The van der Waals surface area contributed by atoms with Crippen LogP contribution in [0.1, 0.15) is 12.8 Å². The van der Waals surface area contributed by atoms with Crippen molar-refractivity contribution in [3.8, 4) is 0 Å². The number of piperazine rings is 1. The number of rotatable bonds is 5. The molecule has 5 heteroatoms. The van der Waals surface area contributed by atoms with Crippen LogP contribution in [-0.4, -0.2) is 74.7 Å². The van der Waals surface area contributed by atoms with Gasteiger partial charge in [0, 0.05) is 51.7 Å². The maximum absolute atomic E-state index is 11.0. The van der Waals surface area contributed by atoms with Crippen LogP contribution in [0.25, 0.3) is 0 Å². The van der Waals surface area contributed by atoms with Crippen LogP contribution < -0.4 is 5.32 Å². The Labute approximate surface area is 103 Å². The first-order valence-corrected chi connectivity index (χ1v) is 6.53. The second-order valence-electron chi connectivity index (χ2n) is 4.87. The summed E-state index contributed by atoms with van der Waals surface area (Å²) >= 11 is 0. The molecule has 0 unspecified atom stereocenters. The fraction of sp³-hybridized carbons (Fsp3) is 0.917. The summed E-state index contributed by atoms with van der Waals surface area (Å²) in [6.07, 6.45) is 1.46. The molecule has 2 aliphatic heterocycles. The van der Waals surface area contributed by atoms with Crippen molar-refractivity contribution in [1.29, 1.82) is 0 Å². The lowest BCUT2D eigenvalue weighted by atomic mass is 10.1. The van der Waals surface area contributed by atoms with Gasteiger partial charge in [0.15, 0.2) is 0 Å². The monoisotopic (exact) mass is 241 g/mol. The summed E-state index contributed by atoms with van der Waals surface area (Å²) in [4.78, 5) is 16.0. The molecule has 0 aromatic rings. The van der Waals surface area contributed by atoms with E-state index < -0.39 is 0 Å². The lowest BCUT2D eigenvalue weighted by Crippen LogP contribution is -2.61. The van der Waals surface area contributed by atoms with Crippen LogP contribution in [0, 0.1) is 0 Å². The minimum Gasteiger partial charge on any atom is -0.469 e. The quantitative estimate of drug-likeness (QED) is 0.659. The number of methoxy groups -OCH3 is 1. The molecule has 0 atom stereocenters. The van der Waals surface area contributed by atoms with Crippen molar-refractivity contribution in [3.63, 3.8) is 0 Å². The summed E-state index contributed by atoms with van der Waals surface area (Å²) in [5.41, 5.74) is 0. The molecular formula is C12H23N3O2.